The number of rotatable bonds is 7. The summed E-state index contributed by atoms with van der Waals surface area (Å²) in [5, 5.41) is 0.492. The summed E-state index contributed by atoms with van der Waals surface area (Å²) in [4.78, 5) is 29.4. The van der Waals surface area contributed by atoms with E-state index in [9.17, 15) is 9.59 Å². The average Bonchev–Trinajstić information content (AvgIpc) is 2.77. The van der Waals surface area contributed by atoms with E-state index in [0.717, 1.165) is 0 Å². The van der Waals surface area contributed by atoms with Crippen LogP contribution in [0.5, 0.6) is 11.5 Å². The Morgan fingerprint density at radius 3 is 2.39 bits per heavy atom. The van der Waals surface area contributed by atoms with Crippen molar-refractivity contribution in [3.05, 3.63) is 58.6 Å². The highest BCUT2D eigenvalue weighted by Gasteiger charge is 2.40. The zero-order valence-corrected chi connectivity index (χ0v) is 19.1. The first-order valence-electron chi connectivity index (χ1n) is 9.90. The van der Waals surface area contributed by atoms with E-state index in [2.05, 4.69) is 0 Å². The highest BCUT2D eigenvalue weighted by atomic mass is 35.5. The number of carbonyl (C=O) groups excluding carboxylic acids is 2. The number of amides is 2. The van der Waals surface area contributed by atoms with Crippen molar-refractivity contribution in [2.45, 2.75) is 20.3 Å². The molecule has 0 aromatic heterocycles. The highest BCUT2D eigenvalue weighted by molar-refractivity contribution is 7.80. The Kier molecular flexibility index (Phi) is 7.30. The van der Waals surface area contributed by atoms with Gasteiger partial charge in [0.2, 0.25) is 0 Å². The topological polar surface area (TPSA) is 59.1 Å². The van der Waals surface area contributed by atoms with E-state index < -0.39 is 11.8 Å². The number of para-hydroxylation sites is 1. The Hall–Kier alpha value is -2.90. The molecule has 1 saturated heterocycles. The lowest BCUT2D eigenvalue weighted by Gasteiger charge is -2.36. The van der Waals surface area contributed by atoms with Gasteiger partial charge in [-0.1, -0.05) is 36.7 Å². The minimum absolute atomic E-state index is 0.0274. The number of benzene rings is 2. The van der Waals surface area contributed by atoms with Crippen molar-refractivity contribution < 1.29 is 19.1 Å². The van der Waals surface area contributed by atoms with Crippen LogP contribution in [-0.2, 0) is 9.59 Å². The second-order valence-corrected chi connectivity index (χ2v) is 7.50. The highest BCUT2D eigenvalue weighted by Crippen LogP contribution is 2.35. The van der Waals surface area contributed by atoms with E-state index in [1.165, 1.54) is 23.0 Å². The third-order valence-electron chi connectivity index (χ3n) is 4.68. The third kappa shape index (κ3) is 4.57. The van der Waals surface area contributed by atoms with Crippen molar-refractivity contribution in [1.29, 1.82) is 0 Å². The van der Waals surface area contributed by atoms with Crippen LogP contribution >= 0.6 is 23.8 Å². The Bertz CT molecular complexity index is 1040. The standard InChI is InChI=1S/C23H23ClN2O4S/c1-4-11-25-21(27)17(22(28)26(23(25)31)16-9-7-6-8-10-16)12-15-13-20(30-5-2)19(29-3)14-18(15)24/h6-10,12-14H,4-5,11H2,1-3H3/b17-12+. The van der Waals surface area contributed by atoms with Crippen molar-refractivity contribution in [2.75, 3.05) is 25.2 Å². The monoisotopic (exact) mass is 458 g/mol. The number of nitrogens with zero attached hydrogens (tertiary/aromatic N) is 2. The molecule has 6 nitrogen and oxygen atoms in total. The molecule has 1 aliphatic rings. The lowest BCUT2D eigenvalue weighted by molar-refractivity contribution is -0.127. The zero-order chi connectivity index (χ0) is 22.5. The van der Waals surface area contributed by atoms with E-state index >= 15 is 0 Å². The minimum atomic E-state index is -0.501. The molecule has 1 aliphatic heterocycles. The van der Waals surface area contributed by atoms with Crippen LogP contribution in [0.1, 0.15) is 25.8 Å². The summed E-state index contributed by atoms with van der Waals surface area (Å²) < 4.78 is 10.9. The van der Waals surface area contributed by atoms with Crippen LogP contribution < -0.4 is 14.4 Å². The largest absolute Gasteiger partial charge is 0.493 e. The van der Waals surface area contributed by atoms with Crippen LogP contribution in [0.2, 0.25) is 5.02 Å². The first-order valence-corrected chi connectivity index (χ1v) is 10.7. The fraction of sp³-hybridized carbons (Fsp3) is 0.261. The normalized spacial score (nSPS) is 15.6. The van der Waals surface area contributed by atoms with Crippen molar-refractivity contribution in [3.63, 3.8) is 0 Å². The predicted molar refractivity (Wildman–Crippen MR) is 126 cm³/mol. The molecule has 0 aliphatic carbocycles. The molecule has 0 saturated carbocycles. The minimum Gasteiger partial charge on any atom is -0.493 e. The maximum absolute atomic E-state index is 13.4. The molecule has 2 aromatic rings. The van der Waals surface area contributed by atoms with Gasteiger partial charge >= 0.3 is 0 Å². The second kappa shape index (κ2) is 9.94. The van der Waals surface area contributed by atoms with Gasteiger partial charge in [-0.25, -0.2) is 0 Å². The molecular weight excluding hydrogens is 436 g/mol. The maximum Gasteiger partial charge on any atom is 0.270 e. The van der Waals surface area contributed by atoms with Gasteiger partial charge in [0, 0.05) is 12.6 Å². The number of thiocarbonyl (C=S) groups is 1. The maximum atomic E-state index is 13.4. The van der Waals surface area contributed by atoms with E-state index in [4.69, 9.17) is 33.3 Å². The van der Waals surface area contributed by atoms with Gasteiger partial charge in [0.05, 0.1) is 24.4 Å². The van der Waals surface area contributed by atoms with Gasteiger partial charge < -0.3 is 9.47 Å². The molecule has 0 radical (unpaired) electrons. The van der Waals surface area contributed by atoms with Gasteiger partial charge in [-0.05, 0) is 55.4 Å². The first-order chi connectivity index (χ1) is 14.9. The van der Waals surface area contributed by atoms with Crippen molar-refractivity contribution in [2.24, 2.45) is 0 Å². The van der Waals surface area contributed by atoms with Crippen molar-refractivity contribution in [1.82, 2.24) is 4.90 Å². The van der Waals surface area contributed by atoms with Gasteiger partial charge in [-0.15, -0.1) is 0 Å². The molecule has 2 aromatic carbocycles. The smallest absolute Gasteiger partial charge is 0.270 e. The van der Waals surface area contributed by atoms with Crippen LogP contribution in [0.15, 0.2) is 48.0 Å². The van der Waals surface area contributed by atoms with Crippen LogP contribution in [0.4, 0.5) is 5.69 Å². The number of hydrogen-bond donors (Lipinski definition) is 0. The lowest BCUT2D eigenvalue weighted by atomic mass is 10.0. The zero-order valence-electron chi connectivity index (χ0n) is 17.6. The summed E-state index contributed by atoms with van der Waals surface area (Å²) >= 11 is 11.9. The average molecular weight is 459 g/mol. The SMILES string of the molecule is CCCN1C(=O)/C(=C\c2cc(OCC)c(OC)cc2Cl)C(=O)N(c2ccccc2)C1=S. The molecule has 0 atom stereocenters. The number of ether oxygens (including phenoxy) is 2. The second-order valence-electron chi connectivity index (χ2n) is 6.73. The van der Waals surface area contributed by atoms with E-state index in [-0.39, 0.29) is 10.7 Å². The predicted octanol–water partition coefficient (Wildman–Crippen LogP) is 4.70. The van der Waals surface area contributed by atoms with Crippen LogP contribution in [0.25, 0.3) is 6.08 Å². The number of halogens is 1. The van der Waals surface area contributed by atoms with Crippen molar-refractivity contribution in [3.8, 4) is 11.5 Å². The first kappa shape index (κ1) is 22.8. The quantitative estimate of drug-likeness (QED) is 0.342. The fourth-order valence-electron chi connectivity index (χ4n) is 3.25. The molecule has 2 amide bonds. The summed E-state index contributed by atoms with van der Waals surface area (Å²) in [6.45, 7) is 4.61. The Morgan fingerprint density at radius 1 is 1.06 bits per heavy atom. The molecule has 3 rings (SSSR count). The molecule has 0 unspecified atom stereocenters. The Morgan fingerprint density at radius 2 is 1.77 bits per heavy atom. The summed E-state index contributed by atoms with van der Waals surface area (Å²) in [6, 6.07) is 12.3. The molecule has 1 heterocycles. The molecule has 8 heteroatoms. The van der Waals surface area contributed by atoms with E-state index in [1.54, 1.807) is 24.3 Å². The summed E-state index contributed by atoms with van der Waals surface area (Å²) in [5.41, 5.74) is 1.04. The van der Waals surface area contributed by atoms with E-state index in [1.807, 2.05) is 32.0 Å². The van der Waals surface area contributed by atoms with Crippen LogP contribution in [0.3, 0.4) is 0 Å². The van der Waals surface area contributed by atoms with Gasteiger partial charge in [-0.2, -0.15) is 0 Å². The number of hydrogen-bond acceptors (Lipinski definition) is 5. The molecule has 0 N–H and O–H groups in total. The van der Waals surface area contributed by atoms with Gasteiger partial charge in [-0.3, -0.25) is 19.4 Å². The number of methoxy groups -OCH3 is 1. The van der Waals surface area contributed by atoms with Crippen LogP contribution in [-0.4, -0.2) is 42.1 Å². The van der Waals surface area contributed by atoms with Crippen LogP contribution in [0, 0.1) is 0 Å². The Labute approximate surface area is 192 Å². The van der Waals surface area contributed by atoms with Gasteiger partial charge in [0.1, 0.15) is 5.57 Å². The molecule has 0 spiro atoms. The van der Waals surface area contributed by atoms with Crippen molar-refractivity contribution >= 4 is 52.5 Å². The number of anilines is 1. The molecule has 162 valence electrons. The van der Waals surface area contributed by atoms with Gasteiger partial charge in [0.25, 0.3) is 11.8 Å². The molecule has 1 fully saturated rings. The summed E-state index contributed by atoms with van der Waals surface area (Å²) in [7, 11) is 1.52. The number of carbonyl (C=O) groups is 2. The summed E-state index contributed by atoms with van der Waals surface area (Å²) in [5.74, 6) is -0.0138. The molecular formula is C23H23ClN2O4S. The lowest BCUT2D eigenvalue weighted by Crippen LogP contribution is -2.56. The van der Waals surface area contributed by atoms with E-state index in [0.29, 0.717) is 47.3 Å². The third-order valence-corrected chi connectivity index (χ3v) is 5.41. The Balaban J connectivity index is 2.13. The fourth-order valence-corrected chi connectivity index (χ4v) is 3.82. The molecule has 0 bridgehead atoms. The van der Waals surface area contributed by atoms with Gasteiger partial charge in [0.15, 0.2) is 16.6 Å². The molecule has 31 heavy (non-hydrogen) atoms. The summed E-state index contributed by atoms with van der Waals surface area (Å²) in [6.07, 6.45) is 2.17.